The molecule has 1 amide bonds. The average molecular weight is 293 g/mol. The molecule has 0 aromatic heterocycles. The van der Waals surface area contributed by atoms with Crippen molar-refractivity contribution in [2.24, 2.45) is 5.41 Å². The molecule has 0 saturated carbocycles. The van der Waals surface area contributed by atoms with Crippen LogP contribution in [0.25, 0.3) is 0 Å². The van der Waals surface area contributed by atoms with Crippen LogP contribution < -0.4 is 4.90 Å². The van der Waals surface area contributed by atoms with Gasteiger partial charge in [-0.15, -0.1) is 0 Å². The number of anilines is 1. The van der Waals surface area contributed by atoms with E-state index in [0.29, 0.717) is 12.0 Å². The number of hydrogen-bond donors (Lipinski definition) is 0. The Kier molecular flexibility index (Phi) is 3.57. The van der Waals surface area contributed by atoms with Gasteiger partial charge in [0.15, 0.2) is 5.78 Å². The van der Waals surface area contributed by atoms with E-state index in [1.807, 2.05) is 56.3 Å². The number of amides is 1. The summed E-state index contributed by atoms with van der Waals surface area (Å²) in [4.78, 5) is 26.9. The zero-order chi connectivity index (χ0) is 15.7. The van der Waals surface area contributed by atoms with E-state index in [9.17, 15) is 9.59 Å². The van der Waals surface area contributed by atoms with Gasteiger partial charge in [0.25, 0.3) is 0 Å². The topological polar surface area (TPSA) is 37.4 Å². The van der Waals surface area contributed by atoms with E-state index >= 15 is 0 Å². The highest BCUT2D eigenvalue weighted by Crippen LogP contribution is 2.37. The molecule has 0 radical (unpaired) electrons. The largest absolute Gasteiger partial charge is 0.304 e. The van der Waals surface area contributed by atoms with Crippen molar-refractivity contribution in [3.63, 3.8) is 0 Å². The second kappa shape index (κ2) is 5.41. The van der Waals surface area contributed by atoms with Crippen LogP contribution in [0.5, 0.6) is 0 Å². The summed E-state index contributed by atoms with van der Waals surface area (Å²) in [7, 11) is 0. The van der Waals surface area contributed by atoms with Gasteiger partial charge in [0.1, 0.15) is 0 Å². The highest BCUT2D eigenvalue weighted by atomic mass is 16.2. The molecule has 3 nitrogen and oxygen atoms in total. The number of nitrogens with zero attached hydrogens (tertiary/aromatic N) is 1. The van der Waals surface area contributed by atoms with Gasteiger partial charge in [-0.2, -0.15) is 0 Å². The Morgan fingerprint density at radius 2 is 1.68 bits per heavy atom. The Bertz CT molecular complexity index is 719. The highest BCUT2D eigenvalue weighted by Gasteiger charge is 2.39. The van der Waals surface area contributed by atoms with Crippen LogP contribution >= 0.6 is 0 Å². The molecular weight excluding hydrogens is 274 g/mol. The minimum Gasteiger partial charge on any atom is -0.304 e. The molecule has 0 saturated heterocycles. The number of fused-ring (bicyclic) bond motifs is 1. The standard InChI is InChI=1S/C19H19NO2/c1-19(2)12-15-10-6-7-11-16(15)20(18(19)22)13-17(21)14-8-4-3-5-9-14/h3-11H,12-13H2,1-2H3. The molecule has 2 aromatic carbocycles. The van der Waals surface area contributed by atoms with E-state index < -0.39 is 5.41 Å². The van der Waals surface area contributed by atoms with Crippen LogP contribution in [0.4, 0.5) is 5.69 Å². The summed E-state index contributed by atoms with van der Waals surface area (Å²) in [6.45, 7) is 3.96. The molecule has 0 spiro atoms. The number of carbonyl (C=O) groups excluding carboxylic acids is 2. The fraction of sp³-hybridized carbons (Fsp3) is 0.263. The van der Waals surface area contributed by atoms with Gasteiger partial charge in [-0.05, 0) is 18.1 Å². The summed E-state index contributed by atoms with van der Waals surface area (Å²) in [6, 6.07) is 17.0. The van der Waals surface area contributed by atoms with Gasteiger partial charge in [-0.3, -0.25) is 9.59 Å². The van der Waals surface area contributed by atoms with Crippen molar-refractivity contribution >= 4 is 17.4 Å². The second-order valence-corrected chi connectivity index (χ2v) is 6.37. The van der Waals surface area contributed by atoms with Crippen LogP contribution in [-0.2, 0) is 11.2 Å². The fourth-order valence-corrected chi connectivity index (χ4v) is 2.97. The maximum Gasteiger partial charge on any atom is 0.233 e. The number of benzene rings is 2. The van der Waals surface area contributed by atoms with Gasteiger partial charge >= 0.3 is 0 Å². The van der Waals surface area contributed by atoms with Gasteiger partial charge in [0.05, 0.1) is 6.54 Å². The second-order valence-electron chi connectivity index (χ2n) is 6.37. The van der Waals surface area contributed by atoms with Crippen molar-refractivity contribution < 1.29 is 9.59 Å². The first kappa shape index (κ1) is 14.5. The van der Waals surface area contributed by atoms with Crippen molar-refractivity contribution in [1.29, 1.82) is 0 Å². The Labute approximate surface area is 130 Å². The summed E-state index contributed by atoms with van der Waals surface area (Å²) in [6.07, 6.45) is 0.706. The molecule has 0 unspecified atom stereocenters. The molecule has 0 atom stereocenters. The molecule has 0 fully saturated rings. The molecule has 0 N–H and O–H groups in total. The maximum absolute atomic E-state index is 12.8. The number of hydrogen-bond acceptors (Lipinski definition) is 2. The quantitative estimate of drug-likeness (QED) is 0.812. The lowest BCUT2D eigenvalue weighted by molar-refractivity contribution is -0.127. The van der Waals surface area contributed by atoms with Gasteiger partial charge < -0.3 is 4.90 Å². The summed E-state index contributed by atoms with van der Waals surface area (Å²) >= 11 is 0. The molecule has 3 heteroatoms. The molecule has 3 rings (SSSR count). The first-order valence-corrected chi connectivity index (χ1v) is 7.47. The molecular formula is C19H19NO2. The van der Waals surface area contributed by atoms with Crippen molar-refractivity contribution in [3.8, 4) is 0 Å². The lowest BCUT2D eigenvalue weighted by Gasteiger charge is -2.38. The molecule has 22 heavy (non-hydrogen) atoms. The first-order chi connectivity index (χ1) is 10.5. The lowest BCUT2D eigenvalue weighted by Crippen LogP contribution is -2.48. The van der Waals surface area contributed by atoms with Crippen molar-refractivity contribution in [3.05, 3.63) is 65.7 Å². The minimum absolute atomic E-state index is 0.00970. The van der Waals surface area contributed by atoms with E-state index in [4.69, 9.17) is 0 Å². The zero-order valence-electron chi connectivity index (χ0n) is 12.9. The summed E-state index contributed by atoms with van der Waals surface area (Å²) < 4.78 is 0. The van der Waals surface area contributed by atoms with Gasteiger partial charge in [0, 0.05) is 16.7 Å². The summed E-state index contributed by atoms with van der Waals surface area (Å²) in [5.41, 5.74) is 2.13. The molecule has 1 heterocycles. The smallest absolute Gasteiger partial charge is 0.233 e. The number of ketones is 1. The van der Waals surface area contributed by atoms with Gasteiger partial charge in [-0.1, -0.05) is 62.4 Å². The predicted octanol–water partition coefficient (Wildman–Crippen LogP) is 3.48. The number of rotatable bonds is 3. The van der Waals surface area contributed by atoms with E-state index in [1.54, 1.807) is 17.0 Å². The molecule has 0 aliphatic carbocycles. The van der Waals surface area contributed by atoms with Crippen LogP contribution in [0.1, 0.15) is 29.8 Å². The monoisotopic (exact) mass is 293 g/mol. The van der Waals surface area contributed by atoms with Gasteiger partial charge in [0.2, 0.25) is 5.91 Å². The molecule has 1 aliphatic rings. The summed E-state index contributed by atoms with van der Waals surface area (Å²) in [5.74, 6) is -0.0306. The van der Waals surface area contributed by atoms with Crippen molar-refractivity contribution in [2.45, 2.75) is 20.3 Å². The fourth-order valence-electron chi connectivity index (χ4n) is 2.97. The molecule has 112 valence electrons. The number of Topliss-reactive ketones (excluding diaryl/α,β-unsaturated/α-hetero) is 1. The van der Waals surface area contributed by atoms with Crippen LogP contribution in [-0.4, -0.2) is 18.2 Å². The number of carbonyl (C=O) groups is 2. The summed E-state index contributed by atoms with van der Waals surface area (Å²) in [5, 5.41) is 0. The average Bonchev–Trinajstić information content (AvgIpc) is 2.52. The third-order valence-corrected chi connectivity index (χ3v) is 4.14. The van der Waals surface area contributed by atoms with E-state index in [0.717, 1.165) is 11.3 Å². The van der Waals surface area contributed by atoms with E-state index in [2.05, 4.69) is 0 Å². The predicted molar refractivity (Wildman–Crippen MR) is 87.1 cm³/mol. The van der Waals surface area contributed by atoms with E-state index in [1.165, 1.54) is 0 Å². The van der Waals surface area contributed by atoms with Crippen LogP contribution in [0, 0.1) is 5.41 Å². The third-order valence-electron chi connectivity index (χ3n) is 4.14. The van der Waals surface area contributed by atoms with E-state index in [-0.39, 0.29) is 18.2 Å². The Morgan fingerprint density at radius 3 is 2.41 bits per heavy atom. The first-order valence-electron chi connectivity index (χ1n) is 7.47. The van der Waals surface area contributed by atoms with Crippen LogP contribution in [0.15, 0.2) is 54.6 Å². The molecule has 1 aliphatic heterocycles. The Morgan fingerprint density at radius 1 is 1.05 bits per heavy atom. The zero-order valence-corrected chi connectivity index (χ0v) is 12.9. The lowest BCUT2D eigenvalue weighted by atomic mass is 9.80. The highest BCUT2D eigenvalue weighted by molar-refractivity contribution is 6.08. The molecule has 0 bridgehead atoms. The Hall–Kier alpha value is -2.42. The SMILES string of the molecule is CC1(C)Cc2ccccc2N(CC(=O)c2ccccc2)C1=O. The number of para-hydroxylation sites is 1. The minimum atomic E-state index is -0.481. The van der Waals surface area contributed by atoms with Crippen molar-refractivity contribution in [2.75, 3.05) is 11.4 Å². The Balaban J connectivity index is 1.95. The molecule has 2 aromatic rings. The van der Waals surface area contributed by atoms with Crippen LogP contribution in [0.2, 0.25) is 0 Å². The van der Waals surface area contributed by atoms with Gasteiger partial charge in [-0.25, -0.2) is 0 Å². The van der Waals surface area contributed by atoms with Crippen molar-refractivity contribution in [1.82, 2.24) is 0 Å². The maximum atomic E-state index is 12.8. The normalized spacial score (nSPS) is 16.3. The third kappa shape index (κ3) is 2.54. The van der Waals surface area contributed by atoms with Crippen LogP contribution in [0.3, 0.4) is 0 Å².